The Bertz CT molecular complexity index is 170. The second kappa shape index (κ2) is 4.61. The molecule has 3 heteroatoms. The Kier molecular flexibility index (Phi) is 4.04. The van der Waals surface area contributed by atoms with Gasteiger partial charge in [0.2, 0.25) is 0 Å². The molecule has 0 radical (unpaired) electrons. The number of rotatable bonds is 3. The van der Waals surface area contributed by atoms with Crippen molar-refractivity contribution in [2.24, 2.45) is 0 Å². The minimum absolute atomic E-state index is 0.193. The number of carboxylic acids is 1. The van der Waals surface area contributed by atoms with Crippen molar-refractivity contribution in [3.63, 3.8) is 0 Å². The highest BCUT2D eigenvalue weighted by Gasteiger charge is 1.99. The highest BCUT2D eigenvalue weighted by atomic mass is 16.4. The lowest BCUT2D eigenvalue weighted by molar-refractivity contribution is -0.133. The molecule has 56 valence electrons. The van der Waals surface area contributed by atoms with Crippen molar-refractivity contribution >= 4 is 5.97 Å². The predicted molar refractivity (Wildman–Crippen MR) is 39.6 cm³/mol. The van der Waals surface area contributed by atoms with Crippen molar-refractivity contribution in [2.75, 3.05) is 7.05 Å². The third-order valence-electron chi connectivity index (χ3n) is 0.955. The molecule has 2 N–H and O–H groups in total. The van der Waals surface area contributed by atoms with Crippen LogP contribution in [0.15, 0.2) is 23.9 Å². The molecule has 0 unspecified atom stereocenters. The summed E-state index contributed by atoms with van der Waals surface area (Å²) < 4.78 is 0. The lowest BCUT2D eigenvalue weighted by Gasteiger charge is -1.96. The van der Waals surface area contributed by atoms with Gasteiger partial charge in [-0.2, -0.15) is 0 Å². The number of nitrogens with one attached hydrogen (secondary N) is 1. The molecule has 0 aromatic rings. The minimum atomic E-state index is -0.944. The van der Waals surface area contributed by atoms with Crippen LogP contribution in [-0.2, 0) is 4.79 Å². The first-order valence-corrected chi connectivity index (χ1v) is 2.96. The van der Waals surface area contributed by atoms with Crippen molar-refractivity contribution in [3.05, 3.63) is 23.9 Å². The third-order valence-corrected chi connectivity index (χ3v) is 0.955. The van der Waals surface area contributed by atoms with Gasteiger partial charge in [0.15, 0.2) is 0 Å². The first-order valence-electron chi connectivity index (χ1n) is 2.96. The molecule has 3 nitrogen and oxygen atoms in total. The van der Waals surface area contributed by atoms with Gasteiger partial charge in [-0.1, -0.05) is 12.2 Å². The molecule has 0 fully saturated rings. The van der Waals surface area contributed by atoms with Crippen LogP contribution in [-0.4, -0.2) is 18.1 Å². The zero-order valence-electron chi connectivity index (χ0n) is 6.09. The van der Waals surface area contributed by atoms with E-state index in [1.165, 1.54) is 6.08 Å². The summed E-state index contributed by atoms with van der Waals surface area (Å²) in [4.78, 5) is 10.3. The van der Waals surface area contributed by atoms with E-state index in [1.807, 2.05) is 6.92 Å². The summed E-state index contributed by atoms with van der Waals surface area (Å²) in [6, 6.07) is 0. The summed E-state index contributed by atoms with van der Waals surface area (Å²) in [5.74, 6) is -0.944. The van der Waals surface area contributed by atoms with Gasteiger partial charge >= 0.3 is 5.97 Å². The average Bonchev–Trinajstić information content (AvgIpc) is 1.89. The topological polar surface area (TPSA) is 49.3 Å². The Labute approximate surface area is 60.1 Å². The molecule has 0 aromatic carbocycles. The van der Waals surface area contributed by atoms with Gasteiger partial charge in [0.25, 0.3) is 0 Å². The van der Waals surface area contributed by atoms with Gasteiger partial charge in [0.1, 0.15) is 5.70 Å². The lowest BCUT2D eigenvalue weighted by Crippen LogP contribution is -2.14. The highest BCUT2D eigenvalue weighted by Crippen LogP contribution is 1.87. The highest BCUT2D eigenvalue weighted by molar-refractivity contribution is 5.86. The molecule has 10 heavy (non-hydrogen) atoms. The first kappa shape index (κ1) is 8.75. The lowest BCUT2D eigenvalue weighted by atomic mass is 10.4. The van der Waals surface area contributed by atoms with Crippen LogP contribution in [0.4, 0.5) is 0 Å². The minimum Gasteiger partial charge on any atom is -0.477 e. The van der Waals surface area contributed by atoms with E-state index < -0.39 is 5.97 Å². The smallest absolute Gasteiger partial charge is 0.351 e. The number of allylic oxidation sites excluding steroid dienone is 3. The Hall–Kier alpha value is -1.25. The van der Waals surface area contributed by atoms with E-state index in [9.17, 15) is 4.79 Å². The molecule has 0 spiro atoms. The number of carboxylic acid groups (broad SMARTS) is 1. The fourth-order valence-electron chi connectivity index (χ4n) is 0.454. The van der Waals surface area contributed by atoms with Gasteiger partial charge in [-0.05, 0) is 13.0 Å². The number of likely N-dealkylation sites (N-methyl/N-ethyl adjacent to an activating group) is 1. The van der Waals surface area contributed by atoms with Crippen molar-refractivity contribution in [1.29, 1.82) is 0 Å². The number of carbonyl (C=O) groups is 1. The normalized spacial score (nSPS) is 12.0. The molecule has 0 amide bonds. The Balaban J connectivity index is 4.18. The quantitative estimate of drug-likeness (QED) is 0.450. The SMILES string of the molecule is C/C=C\C=C(/NC)C(=O)O. The van der Waals surface area contributed by atoms with Crippen LogP contribution in [0.3, 0.4) is 0 Å². The van der Waals surface area contributed by atoms with E-state index in [-0.39, 0.29) is 5.70 Å². The molecular weight excluding hydrogens is 130 g/mol. The zero-order chi connectivity index (χ0) is 7.98. The van der Waals surface area contributed by atoms with Crippen LogP contribution >= 0.6 is 0 Å². The monoisotopic (exact) mass is 141 g/mol. The molecule has 0 rings (SSSR count). The van der Waals surface area contributed by atoms with Crippen LogP contribution in [0.1, 0.15) is 6.92 Å². The Morgan fingerprint density at radius 1 is 1.60 bits per heavy atom. The van der Waals surface area contributed by atoms with Crippen molar-refractivity contribution in [3.8, 4) is 0 Å². The van der Waals surface area contributed by atoms with E-state index >= 15 is 0 Å². The standard InChI is InChI=1S/C7H11NO2/c1-3-4-5-6(8-2)7(9)10/h3-5,8H,1-2H3,(H,9,10)/b4-3-,6-5-. The van der Waals surface area contributed by atoms with Crippen LogP contribution in [0.5, 0.6) is 0 Å². The van der Waals surface area contributed by atoms with Gasteiger partial charge < -0.3 is 10.4 Å². The maximum Gasteiger partial charge on any atom is 0.351 e. The maximum atomic E-state index is 10.3. The molecule has 0 heterocycles. The second-order valence-electron chi connectivity index (χ2n) is 1.66. The summed E-state index contributed by atoms with van der Waals surface area (Å²) in [6.45, 7) is 1.83. The summed E-state index contributed by atoms with van der Waals surface area (Å²) in [7, 11) is 1.57. The molecule has 0 bridgehead atoms. The van der Waals surface area contributed by atoms with E-state index in [4.69, 9.17) is 5.11 Å². The molecule has 0 atom stereocenters. The van der Waals surface area contributed by atoms with Crippen LogP contribution in [0.25, 0.3) is 0 Å². The fraction of sp³-hybridized carbons (Fsp3) is 0.286. The van der Waals surface area contributed by atoms with E-state index in [0.717, 1.165) is 0 Å². The zero-order valence-corrected chi connectivity index (χ0v) is 6.09. The third kappa shape index (κ3) is 2.91. The number of hydrogen-bond acceptors (Lipinski definition) is 2. The molecule has 0 saturated heterocycles. The molecule has 0 aromatic heterocycles. The molecule has 0 aliphatic carbocycles. The second-order valence-corrected chi connectivity index (χ2v) is 1.66. The van der Waals surface area contributed by atoms with E-state index in [1.54, 1.807) is 19.2 Å². The van der Waals surface area contributed by atoms with Gasteiger partial charge in [-0.25, -0.2) is 4.79 Å². The summed E-state index contributed by atoms with van der Waals surface area (Å²) in [5.41, 5.74) is 0.193. The average molecular weight is 141 g/mol. The summed E-state index contributed by atoms with van der Waals surface area (Å²) >= 11 is 0. The van der Waals surface area contributed by atoms with Gasteiger partial charge in [-0.15, -0.1) is 0 Å². The summed E-state index contributed by atoms with van der Waals surface area (Å²) in [5, 5.41) is 11.0. The van der Waals surface area contributed by atoms with Crippen LogP contribution in [0.2, 0.25) is 0 Å². The van der Waals surface area contributed by atoms with Crippen molar-refractivity contribution in [2.45, 2.75) is 6.92 Å². The maximum absolute atomic E-state index is 10.3. The van der Waals surface area contributed by atoms with Crippen LogP contribution in [0, 0.1) is 0 Å². The predicted octanol–water partition coefficient (Wildman–Crippen LogP) is 0.750. The van der Waals surface area contributed by atoms with Crippen molar-refractivity contribution in [1.82, 2.24) is 5.32 Å². The largest absolute Gasteiger partial charge is 0.477 e. The molecular formula is C7H11NO2. The first-order chi connectivity index (χ1) is 4.72. The molecule has 0 aliphatic heterocycles. The van der Waals surface area contributed by atoms with E-state index in [2.05, 4.69) is 5.32 Å². The number of hydrogen-bond donors (Lipinski definition) is 2. The van der Waals surface area contributed by atoms with Gasteiger partial charge in [-0.3, -0.25) is 0 Å². The van der Waals surface area contributed by atoms with Crippen molar-refractivity contribution < 1.29 is 9.90 Å². The van der Waals surface area contributed by atoms with Gasteiger partial charge in [0.05, 0.1) is 0 Å². The van der Waals surface area contributed by atoms with E-state index in [0.29, 0.717) is 0 Å². The Morgan fingerprint density at radius 3 is 2.50 bits per heavy atom. The Morgan fingerprint density at radius 2 is 2.20 bits per heavy atom. The molecule has 0 aliphatic rings. The fourth-order valence-corrected chi connectivity index (χ4v) is 0.454. The molecule has 0 saturated carbocycles. The summed E-state index contributed by atoms with van der Waals surface area (Å²) in [6.07, 6.45) is 4.93. The van der Waals surface area contributed by atoms with Gasteiger partial charge in [0, 0.05) is 7.05 Å². The number of aliphatic carboxylic acids is 1. The van der Waals surface area contributed by atoms with Crippen LogP contribution < -0.4 is 5.32 Å².